The van der Waals surface area contributed by atoms with Crippen molar-refractivity contribution in [3.8, 4) is 5.75 Å². The number of nitrogens with zero attached hydrogens (tertiary/aromatic N) is 2. The molecule has 1 aliphatic rings. The Balaban J connectivity index is 1.76. The highest BCUT2D eigenvalue weighted by Gasteiger charge is 2.24. The molecule has 32 heavy (non-hydrogen) atoms. The van der Waals surface area contributed by atoms with Crippen LogP contribution in [0.2, 0.25) is 0 Å². The van der Waals surface area contributed by atoms with Gasteiger partial charge in [0.05, 0.1) is 43.0 Å². The molecule has 1 aliphatic heterocycles. The van der Waals surface area contributed by atoms with Crippen LogP contribution in [0.4, 0.5) is 11.4 Å². The summed E-state index contributed by atoms with van der Waals surface area (Å²) in [4.78, 5) is 27.3. The van der Waals surface area contributed by atoms with Crippen molar-refractivity contribution < 1.29 is 27.5 Å². The number of para-hydroxylation sites is 1. The Kier molecular flexibility index (Phi) is 7.70. The van der Waals surface area contributed by atoms with Crippen LogP contribution in [0, 0.1) is 0 Å². The topological polar surface area (TPSA) is 105 Å². The van der Waals surface area contributed by atoms with Crippen LogP contribution in [0.25, 0.3) is 0 Å². The molecule has 1 fully saturated rings. The Morgan fingerprint density at radius 2 is 1.75 bits per heavy atom. The first-order chi connectivity index (χ1) is 15.3. The second kappa shape index (κ2) is 10.5. The molecule has 2 aromatic carbocycles. The average Bonchev–Trinajstić information content (AvgIpc) is 2.78. The van der Waals surface area contributed by atoms with Gasteiger partial charge in [0.25, 0.3) is 5.91 Å². The summed E-state index contributed by atoms with van der Waals surface area (Å²) in [6, 6.07) is 13.1. The Hall–Kier alpha value is -3.11. The number of anilines is 2. The minimum absolute atomic E-state index is 0.212. The molecule has 9 nitrogen and oxygen atoms in total. The molecule has 1 saturated heterocycles. The molecule has 1 heterocycles. The Morgan fingerprint density at radius 1 is 1.09 bits per heavy atom. The monoisotopic (exact) mass is 461 g/mol. The van der Waals surface area contributed by atoms with Crippen LogP contribution in [-0.4, -0.2) is 70.8 Å². The van der Waals surface area contributed by atoms with Crippen LogP contribution in [0.1, 0.15) is 17.3 Å². The van der Waals surface area contributed by atoms with Crippen LogP contribution in [-0.2, 0) is 19.6 Å². The molecule has 0 atom stereocenters. The van der Waals surface area contributed by atoms with Gasteiger partial charge in [-0.25, -0.2) is 8.42 Å². The maximum atomic E-state index is 12.9. The number of nitrogens with one attached hydrogen (secondary N) is 1. The van der Waals surface area contributed by atoms with Crippen molar-refractivity contribution in [3.05, 3.63) is 54.1 Å². The first-order valence-electron chi connectivity index (χ1n) is 10.3. The van der Waals surface area contributed by atoms with Crippen LogP contribution in [0.3, 0.4) is 0 Å². The van der Waals surface area contributed by atoms with Gasteiger partial charge in [0.2, 0.25) is 15.9 Å². The summed E-state index contributed by atoms with van der Waals surface area (Å²) in [6.07, 6.45) is 1.03. The van der Waals surface area contributed by atoms with Crippen molar-refractivity contribution in [1.29, 1.82) is 0 Å². The molecule has 0 spiro atoms. The number of benzene rings is 2. The number of carbonyl (C=O) groups excluding carboxylic acids is 2. The van der Waals surface area contributed by atoms with Crippen LogP contribution >= 0.6 is 0 Å². The van der Waals surface area contributed by atoms with Gasteiger partial charge in [-0.2, -0.15) is 0 Å². The van der Waals surface area contributed by atoms with E-state index in [1.54, 1.807) is 53.4 Å². The number of amides is 2. The lowest BCUT2D eigenvalue weighted by Crippen LogP contribution is -2.41. The molecule has 3 rings (SSSR count). The molecule has 172 valence electrons. The van der Waals surface area contributed by atoms with E-state index in [1.165, 1.54) is 0 Å². The van der Waals surface area contributed by atoms with Crippen molar-refractivity contribution in [1.82, 2.24) is 4.90 Å². The van der Waals surface area contributed by atoms with Gasteiger partial charge in [-0.15, -0.1) is 0 Å². The molecular formula is C22H27N3O6S. The maximum Gasteiger partial charge on any atom is 0.256 e. The zero-order valence-corrected chi connectivity index (χ0v) is 18.9. The third-order valence-corrected chi connectivity index (χ3v) is 5.99. The fraction of sp³-hybridized carbons (Fsp3) is 0.364. The number of hydrogen-bond donors (Lipinski definition) is 1. The Morgan fingerprint density at radius 3 is 2.38 bits per heavy atom. The van der Waals surface area contributed by atoms with Gasteiger partial charge in [0.15, 0.2) is 0 Å². The van der Waals surface area contributed by atoms with Gasteiger partial charge in [-0.3, -0.25) is 13.9 Å². The Labute approximate surface area is 188 Å². The van der Waals surface area contributed by atoms with Gasteiger partial charge < -0.3 is 19.7 Å². The number of sulfonamides is 1. The van der Waals surface area contributed by atoms with Crippen molar-refractivity contribution >= 4 is 33.2 Å². The lowest BCUT2D eigenvalue weighted by molar-refractivity contribution is -0.114. The van der Waals surface area contributed by atoms with Crippen molar-refractivity contribution in [3.63, 3.8) is 0 Å². The highest BCUT2D eigenvalue weighted by molar-refractivity contribution is 7.92. The van der Waals surface area contributed by atoms with E-state index in [-0.39, 0.29) is 5.91 Å². The largest absolute Gasteiger partial charge is 0.494 e. The molecular weight excluding hydrogens is 434 g/mol. The number of rotatable bonds is 8. The minimum atomic E-state index is -3.73. The summed E-state index contributed by atoms with van der Waals surface area (Å²) in [6.45, 7) is 3.77. The van der Waals surface area contributed by atoms with E-state index in [0.29, 0.717) is 55.6 Å². The maximum absolute atomic E-state index is 12.9. The zero-order valence-electron chi connectivity index (χ0n) is 18.1. The third-order valence-electron chi connectivity index (χ3n) is 4.85. The lowest BCUT2D eigenvalue weighted by Gasteiger charge is -2.27. The van der Waals surface area contributed by atoms with E-state index in [9.17, 15) is 18.0 Å². The quantitative estimate of drug-likeness (QED) is 0.644. The summed E-state index contributed by atoms with van der Waals surface area (Å²) >= 11 is 0. The molecule has 0 unspecified atom stereocenters. The van der Waals surface area contributed by atoms with Crippen LogP contribution in [0.15, 0.2) is 48.5 Å². The summed E-state index contributed by atoms with van der Waals surface area (Å²) in [5.41, 5.74) is 1.01. The molecule has 2 amide bonds. The predicted octanol–water partition coefficient (Wildman–Crippen LogP) is 1.96. The number of hydrogen-bond acceptors (Lipinski definition) is 6. The van der Waals surface area contributed by atoms with E-state index in [2.05, 4.69) is 5.32 Å². The lowest BCUT2D eigenvalue weighted by atomic mass is 10.1. The minimum Gasteiger partial charge on any atom is -0.494 e. The van der Waals surface area contributed by atoms with Crippen molar-refractivity contribution in [2.24, 2.45) is 0 Å². The van der Waals surface area contributed by atoms with E-state index in [1.807, 2.05) is 6.92 Å². The van der Waals surface area contributed by atoms with E-state index in [4.69, 9.17) is 9.47 Å². The Bertz CT molecular complexity index is 1050. The summed E-state index contributed by atoms with van der Waals surface area (Å²) in [5, 5.41) is 2.69. The molecule has 0 radical (unpaired) electrons. The fourth-order valence-electron chi connectivity index (χ4n) is 3.31. The van der Waals surface area contributed by atoms with E-state index >= 15 is 0 Å². The van der Waals surface area contributed by atoms with Gasteiger partial charge >= 0.3 is 0 Å². The highest BCUT2D eigenvalue weighted by atomic mass is 32.2. The van der Waals surface area contributed by atoms with Gasteiger partial charge in [0, 0.05) is 13.1 Å². The van der Waals surface area contributed by atoms with Gasteiger partial charge in [0.1, 0.15) is 12.3 Å². The highest BCUT2D eigenvalue weighted by Crippen LogP contribution is 2.23. The molecule has 2 aromatic rings. The molecule has 0 aromatic heterocycles. The first-order valence-corrected chi connectivity index (χ1v) is 12.1. The van der Waals surface area contributed by atoms with E-state index in [0.717, 1.165) is 10.6 Å². The first kappa shape index (κ1) is 23.6. The zero-order chi connectivity index (χ0) is 23.1. The molecule has 0 bridgehead atoms. The summed E-state index contributed by atoms with van der Waals surface area (Å²) < 4.78 is 36.4. The summed E-state index contributed by atoms with van der Waals surface area (Å²) in [5.74, 6) is -0.174. The molecule has 1 N–H and O–H groups in total. The van der Waals surface area contributed by atoms with Crippen molar-refractivity contribution in [2.75, 3.05) is 55.3 Å². The second-order valence-electron chi connectivity index (χ2n) is 7.19. The van der Waals surface area contributed by atoms with Gasteiger partial charge in [-0.05, 0) is 43.3 Å². The molecule has 0 aliphatic carbocycles. The normalized spacial score (nSPS) is 14.0. The standard InChI is InChI=1S/C22H27N3O6S/c1-3-31-18-10-8-17(9-11-18)25(32(2,28)29)16-21(26)23-20-7-5-4-6-19(20)22(27)24-12-14-30-15-13-24/h4-11H,3,12-16H2,1-2H3,(H,23,26). The SMILES string of the molecule is CCOc1ccc(N(CC(=O)Nc2ccccc2C(=O)N2CCOCC2)S(C)(=O)=O)cc1. The summed E-state index contributed by atoms with van der Waals surface area (Å²) in [7, 11) is -3.73. The smallest absolute Gasteiger partial charge is 0.256 e. The number of carbonyl (C=O) groups is 2. The van der Waals surface area contributed by atoms with Crippen LogP contribution in [0.5, 0.6) is 5.75 Å². The van der Waals surface area contributed by atoms with Gasteiger partial charge in [-0.1, -0.05) is 12.1 Å². The fourth-order valence-corrected chi connectivity index (χ4v) is 4.17. The second-order valence-corrected chi connectivity index (χ2v) is 9.10. The number of morpholine rings is 1. The number of ether oxygens (including phenoxy) is 2. The van der Waals surface area contributed by atoms with E-state index < -0.39 is 22.5 Å². The molecule has 10 heteroatoms. The predicted molar refractivity (Wildman–Crippen MR) is 122 cm³/mol. The average molecular weight is 462 g/mol. The van der Waals surface area contributed by atoms with Crippen LogP contribution < -0.4 is 14.4 Å². The molecule has 0 saturated carbocycles. The van der Waals surface area contributed by atoms with Crippen molar-refractivity contribution in [2.45, 2.75) is 6.92 Å². The third kappa shape index (κ3) is 5.98.